The first-order chi connectivity index (χ1) is 10.4. The summed E-state index contributed by atoms with van der Waals surface area (Å²) in [6.07, 6.45) is 4.28. The summed E-state index contributed by atoms with van der Waals surface area (Å²) in [6.45, 7) is 3.88. The Morgan fingerprint density at radius 3 is 2.36 bits per heavy atom. The lowest BCUT2D eigenvalue weighted by Gasteiger charge is -2.35. The van der Waals surface area contributed by atoms with Gasteiger partial charge in [0.25, 0.3) is 0 Å². The van der Waals surface area contributed by atoms with Crippen LogP contribution in [0, 0.1) is 0 Å². The van der Waals surface area contributed by atoms with Gasteiger partial charge in [0.15, 0.2) is 11.5 Å². The quantitative estimate of drug-likeness (QED) is 0.826. The largest absolute Gasteiger partial charge is 0.493 e. The molecule has 22 heavy (non-hydrogen) atoms. The van der Waals surface area contributed by atoms with Gasteiger partial charge in [-0.3, -0.25) is 4.79 Å². The van der Waals surface area contributed by atoms with Crippen LogP contribution < -0.4 is 9.47 Å². The second kappa shape index (κ2) is 6.90. The van der Waals surface area contributed by atoms with Gasteiger partial charge in [0, 0.05) is 4.47 Å². The van der Waals surface area contributed by atoms with Crippen LogP contribution in [-0.4, -0.2) is 24.3 Å². The molecule has 1 saturated carbocycles. The van der Waals surface area contributed by atoms with E-state index in [4.69, 9.17) is 9.47 Å². The van der Waals surface area contributed by atoms with Gasteiger partial charge in [-0.25, -0.2) is 0 Å². The van der Waals surface area contributed by atoms with E-state index in [0.29, 0.717) is 24.3 Å². The molecule has 0 aliphatic heterocycles. The number of hydrogen-bond donors (Lipinski definition) is 1. The zero-order valence-corrected chi connectivity index (χ0v) is 14.9. The monoisotopic (exact) mass is 370 g/mol. The number of halogens is 1. The number of aliphatic carboxylic acids is 1. The number of carboxylic acid groups (broad SMARTS) is 1. The molecule has 0 aromatic heterocycles. The van der Waals surface area contributed by atoms with E-state index in [9.17, 15) is 9.90 Å². The minimum Gasteiger partial charge on any atom is -0.493 e. The molecular formula is C17H23BrO4. The minimum absolute atomic E-state index is 0.00457. The van der Waals surface area contributed by atoms with Gasteiger partial charge in [-0.05, 0) is 44.4 Å². The van der Waals surface area contributed by atoms with E-state index in [0.717, 1.165) is 29.3 Å². The average Bonchev–Trinajstić information content (AvgIpc) is 2.48. The van der Waals surface area contributed by atoms with Crippen molar-refractivity contribution >= 4 is 21.9 Å². The molecule has 0 radical (unpaired) electrons. The lowest BCUT2D eigenvalue weighted by Crippen LogP contribution is -2.38. The number of carboxylic acids is 1. The fourth-order valence-electron chi connectivity index (χ4n) is 3.16. The number of carbonyl (C=O) groups is 1. The smallest absolute Gasteiger partial charge is 0.314 e. The van der Waals surface area contributed by atoms with Crippen molar-refractivity contribution < 1.29 is 19.4 Å². The molecule has 1 aliphatic carbocycles. The van der Waals surface area contributed by atoms with Crippen molar-refractivity contribution in [1.29, 1.82) is 0 Å². The summed E-state index contributed by atoms with van der Waals surface area (Å²) in [4.78, 5) is 12.0. The Morgan fingerprint density at radius 2 is 1.86 bits per heavy atom. The van der Waals surface area contributed by atoms with E-state index in [1.54, 1.807) is 7.11 Å². The maximum Gasteiger partial charge on any atom is 0.314 e. The van der Waals surface area contributed by atoms with Crippen LogP contribution in [0.15, 0.2) is 16.6 Å². The first-order valence-electron chi connectivity index (χ1n) is 7.69. The molecule has 0 bridgehead atoms. The van der Waals surface area contributed by atoms with E-state index in [2.05, 4.69) is 15.9 Å². The van der Waals surface area contributed by atoms with Gasteiger partial charge in [0.1, 0.15) is 0 Å². The average molecular weight is 371 g/mol. The van der Waals surface area contributed by atoms with Crippen molar-refractivity contribution in [2.45, 2.75) is 57.5 Å². The van der Waals surface area contributed by atoms with Crippen molar-refractivity contribution in [3.8, 4) is 11.5 Å². The molecule has 1 N–H and O–H groups in total. The van der Waals surface area contributed by atoms with Crippen molar-refractivity contribution in [1.82, 2.24) is 0 Å². The molecule has 0 spiro atoms. The Labute approximate surface area is 139 Å². The highest BCUT2D eigenvalue weighted by Gasteiger charge is 2.43. The van der Waals surface area contributed by atoms with E-state index in [1.165, 1.54) is 0 Å². The summed E-state index contributed by atoms with van der Waals surface area (Å²) < 4.78 is 11.9. The molecule has 1 aromatic carbocycles. The van der Waals surface area contributed by atoms with Crippen LogP contribution in [0.5, 0.6) is 11.5 Å². The summed E-state index contributed by atoms with van der Waals surface area (Å²) in [7, 11) is 1.59. The maximum absolute atomic E-state index is 12.0. The van der Waals surface area contributed by atoms with Gasteiger partial charge in [0.05, 0.1) is 18.6 Å². The molecule has 0 amide bonds. The van der Waals surface area contributed by atoms with Crippen molar-refractivity contribution in [3.63, 3.8) is 0 Å². The molecule has 0 saturated heterocycles. The summed E-state index contributed by atoms with van der Waals surface area (Å²) in [5, 5.41) is 9.87. The summed E-state index contributed by atoms with van der Waals surface area (Å²) >= 11 is 3.53. The van der Waals surface area contributed by atoms with E-state index in [1.807, 2.05) is 26.0 Å². The number of hydrogen-bond acceptors (Lipinski definition) is 3. The third-order valence-corrected chi connectivity index (χ3v) is 4.90. The normalized spacial score (nSPS) is 17.3. The van der Waals surface area contributed by atoms with Crippen LogP contribution in [0.2, 0.25) is 0 Å². The van der Waals surface area contributed by atoms with Gasteiger partial charge in [-0.15, -0.1) is 0 Å². The Bertz CT molecular complexity index is 548. The Morgan fingerprint density at radius 1 is 1.23 bits per heavy atom. The molecule has 1 fully saturated rings. The van der Waals surface area contributed by atoms with E-state index in [-0.39, 0.29) is 6.10 Å². The van der Waals surface area contributed by atoms with Gasteiger partial charge in [-0.2, -0.15) is 0 Å². The molecule has 1 aromatic rings. The van der Waals surface area contributed by atoms with Gasteiger partial charge in [-0.1, -0.05) is 35.2 Å². The molecular weight excluding hydrogens is 348 g/mol. The van der Waals surface area contributed by atoms with Crippen molar-refractivity contribution in [2.75, 3.05) is 7.11 Å². The lowest BCUT2D eigenvalue weighted by atomic mass is 9.69. The summed E-state index contributed by atoms with van der Waals surface area (Å²) in [5.74, 6) is 0.455. The maximum atomic E-state index is 12.0. The van der Waals surface area contributed by atoms with Crippen LogP contribution in [0.25, 0.3) is 0 Å². The van der Waals surface area contributed by atoms with Crippen molar-refractivity contribution in [2.24, 2.45) is 0 Å². The summed E-state index contributed by atoms with van der Waals surface area (Å²) in [6, 6.07) is 3.65. The van der Waals surface area contributed by atoms with Gasteiger partial charge < -0.3 is 14.6 Å². The first kappa shape index (κ1) is 17.1. The summed E-state index contributed by atoms with van der Waals surface area (Å²) in [5.41, 5.74) is -0.0468. The minimum atomic E-state index is -0.835. The van der Waals surface area contributed by atoms with Crippen LogP contribution in [0.3, 0.4) is 0 Å². The third kappa shape index (κ3) is 3.24. The lowest BCUT2D eigenvalue weighted by molar-refractivity contribution is -0.145. The number of methoxy groups -OCH3 is 1. The van der Waals surface area contributed by atoms with E-state index >= 15 is 0 Å². The fourth-order valence-corrected chi connectivity index (χ4v) is 3.86. The predicted molar refractivity (Wildman–Crippen MR) is 88.9 cm³/mol. The zero-order chi connectivity index (χ0) is 16.3. The van der Waals surface area contributed by atoms with Crippen molar-refractivity contribution in [3.05, 3.63) is 22.2 Å². The Kier molecular flexibility index (Phi) is 5.37. The molecule has 5 heteroatoms. The first-order valence-corrected chi connectivity index (χ1v) is 8.48. The Balaban J connectivity index is 2.54. The molecule has 0 unspecified atom stereocenters. The number of rotatable bonds is 5. The van der Waals surface area contributed by atoms with Crippen LogP contribution >= 0.6 is 15.9 Å². The molecule has 0 heterocycles. The molecule has 122 valence electrons. The fraction of sp³-hybridized carbons (Fsp3) is 0.588. The highest BCUT2D eigenvalue weighted by molar-refractivity contribution is 9.10. The highest BCUT2D eigenvalue weighted by Crippen LogP contribution is 2.46. The molecule has 2 rings (SSSR count). The highest BCUT2D eigenvalue weighted by atomic mass is 79.9. The third-order valence-electron chi connectivity index (χ3n) is 4.25. The van der Waals surface area contributed by atoms with Gasteiger partial charge in [0.2, 0.25) is 0 Å². The molecule has 4 nitrogen and oxygen atoms in total. The molecule has 0 atom stereocenters. The zero-order valence-electron chi connectivity index (χ0n) is 13.3. The van der Waals surface area contributed by atoms with Crippen LogP contribution in [0.4, 0.5) is 0 Å². The SMILES string of the molecule is COc1cc(Br)c(C2(C(=O)O)CCCCC2)cc1OC(C)C. The number of benzene rings is 1. The van der Waals surface area contributed by atoms with Crippen LogP contribution in [-0.2, 0) is 10.2 Å². The number of ether oxygens (including phenoxy) is 2. The second-order valence-corrected chi connectivity index (χ2v) is 6.95. The second-order valence-electron chi connectivity index (χ2n) is 6.10. The standard InChI is InChI=1S/C17H23BrO4/c1-11(2)22-15-9-12(13(18)10-14(15)21-3)17(16(19)20)7-5-4-6-8-17/h9-11H,4-8H2,1-3H3,(H,19,20). The molecule has 1 aliphatic rings. The van der Waals surface area contributed by atoms with Gasteiger partial charge >= 0.3 is 5.97 Å². The Hall–Kier alpha value is -1.23. The van der Waals surface area contributed by atoms with Crippen LogP contribution in [0.1, 0.15) is 51.5 Å². The topological polar surface area (TPSA) is 55.8 Å². The predicted octanol–water partition coefficient (Wildman–Crippen LogP) is 4.53. The van der Waals surface area contributed by atoms with E-state index < -0.39 is 11.4 Å².